The van der Waals surface area contributed by atoms with Crippen molar-refractivity contribution in [1.29, 1.82) is 0 Å². The normalized spacial score (nSPS) is 12.1. The summed E-state index contributed by atoms with van der Waals surface area (Å²) in [6.07, 6.45) is 0. The van der Waals surface area contributed by atoms with E-state index in [1.807, 2.05) is 0 Å². The zero-order valence-electron chi connectivity index (χ0n) is 8.87. The molecular weight excluding hydrogens is 271 g/mol. The summed E-state index contributed by atoms with van der Waals surface area (Å²) in [5.74, 6) is 0. The van der Waals surface area contributed by atoms with E-state index in [4.69, 9.17) is 28.9 Å². The minimum Gasteiger partial charge on any atom is -0.326 e. The fraction of sp³-hybridized carbons (Fsp3) is 0.333. The third-order valence-electron chi connectivity index (χ3n) is 2.08. The highest BCUT2D eigenvalue weighted by Crippen LogP contribution is 2.29. The molecule has 90 valence electrons. The fourth-order valence-electron chi connectivity index (χ4n) is 1.12. The number of hydrogen-bond acceptors (Lipinski definition) is 3. The maximum absolute atomic E-state index is 11.9. The lowest BCUT2D eigenvalue weighted by atomic mass is 10.2. The number of rotatable bonds is 3. The maximum atomic E-state index is 11.9. The Bertz CT molecular complexity index is 500. The summed E-state index contributed by atoms with van der Waals surface area (Å²) in [7, 11) is -0.704. The molecule has 0 aliphatic carbocycles. The predicted octanol–water partition coefficient (Wildman–Crippen LogP) is 1.70. The fourth-order valence-corrected chi connectivity index (χ4v) is 2.86. The molecule has 2 N–H and O–H groups in total. The second-order valence-corrected chi connectivity index (χ2v) is 6.30. The van der Waals surface area contributed by atoms with Gasteiger partial charge in [-0.1, -0.05) is 23.2 Å². The highest BCUT2D eigenvalue weighted by molar-refractivity contribution is 7.89. The van der Waals surface area contributed by atoms with Crippen LogP contribution in [0.3, 0.4) is 0 Å². The lowest BCUT2D eigenvalue weighted by Gasteiger charge is -2.14. The number of nitrogens with two attached hydrogens (primary N) is 1. The van der Waals surface area contributed by atoms with Crippen molar-refractivity contribution in [2.45, 2.75) is 11.4 Å². The molecule has 0 atom stereocenters. The first-order chi connectivity index (χ1) is 7.30. The van der Waals surface area contributed by atoms with Gasteiger partial charge in [-0.25, -0.2) is 12.7 Å². The van der Waals surface area contributed by atoms with Gasteiger partial charge in [0.05, 0.1) is 5.02 Å². The molecule has 1 aromatic carbocycles. The Morgan fingerprint density at radius 3 is 2.25 bits per heavy atom. The molecular formula is C9H12Cl2N2O2S. The van der Waals surface area contributed by atoms with Gasteiger partial charge in [-0.05, 0) is 17.7 Å². The van der Waals surface area contributed by atoms with Gasteiger partial charge in [-0.3, -0.25) is 0 Å². The number of benzene rings is 1. The van der Waals surface area contributed by atoms with Crippen LogP contribution in [-0.4, -0.2) is 26.8 Å². The van der Waals surface area contributed by atoms with E-state index in [9.17, 15) is 8.42 Å². The first-order valence-corrected chi connectivity index (χ1v) is 6.60. The van der Waals surface area contributed by atoms with Crippen molar-refractivity contribution in [1.82, 2.24) is 4.31 Å². The van der Waals surface area contributed by atoms with Gasteiger partial charge < -0.3 is 5.73 Å². The molecule has 0 radical (unpaired) electrons. The molecule has 0 heterocycles. The van der Waals surface area contributed by atoms with Crippen molar-refractivity contribution >= 4 is 33.2 Å². The van der Waals surface area contributed by atoms with Gasteiger partial charge >= 0.3 is 0 Å². The van der Waals surface area contributed by atoms with Crippen molar-refractivity contribution in [3.63, 3.8) is 0 Å². The Balaban J connectivity index is 3.47. The SMILES string of the molecule is CN(C)S(=O)(=O)c1cc(CN)c(Cl)cc1Cl. The summed E-state index contributed by atoms with van der Waals surface area (Å²) >= 11 is 11.7. The summed E-state index contributed by atoms with van der Waals surface area (Å²) in [6, 6.07) is 2.79. The molecule has 0 saturated carbocycles. The Morgan fingerprint density at radius 1 is 1.25 bits per heavy atom. The first-order valence-electron chi connectivity index (χ1n) is 4.41. The number of hydrogen-bond donors (Lipinski definition) is 1. The highest BCUT2D eigenvalue weighted by atomic mass is 35.5. The average molecular weight is 283 g/mol. The zero-order valence-corrected chi connectivity index (χ0v) is 11.2. The Kier molecular flexibility index (Phi) is 4.20. The van der Waals surface area contributed by atoms with Crippen LogP contribution < -0.4 is 5.73 Å². The quantitative estimate of drug-likeness (QED) is 0.918. The molecule has 0 bridgehead atoms. The molecule has 0 spiro atoms. The molecule has 0 unspecified atom stereocenters. The molecule has 0 saturated heterocycles. The number of halogens is 2. The number of sulfonamides is 1. The van der Waals surface area contributed by atoms with Gasteiger partial charge in [0.2, 0.25) is 10.0 Å². The molecule has 1 rings (SSSR count). The van der Waals surface area contributed by atoms with E-state index >= 15 is 0 Å². The summed E-state index contributed by atoms with van der Waals surface area (Å²) in [6.45, 7) is 0.159. The van der Waals surface area contributed by atoms with Crippen molar-refractivity contribution in [2.75, 3.05) is 14.1 Å². The van der Waals surface area contributed by atoms with Gasteiger partial charge in [0.15, 0.2) is 0 Å². The van der Waals surface area contributed by atoms with Crippen molar-refractivity contribution in [3.05, 3.63) is 27.7 Å². The molecule has 4 nitrogen and oxygen atoms in total. The zero-order chi connectivity index (χ0) is 12.5. The molecule has 0 aliphatic heterocycles. The Labute approximate surface area is 105 Å². The van der Waals surface area contributed by atoms with Crippen LogP contribution >= 0.6 is 23.2 Å². The minimum absolute atomic E-state index is 0.0176. The topological polar surface area (TPSA) is 63.4 Å². The van der Waals surface area contributed by atoms with Gasteiger partial charge in [0, 0.05) is 25.7 Å². The monoisotopic (exact) mass is 282 g/mol. The van der Waals surface area contributed by atoms with Crippen LogP contribution in [0.25, 0.3) is 0 Å². The first kappa shape index (κ1) is 13.7. The smallest absolute Gasteiger partial charge is 0.244 e. The Hall–Kier alpha value is -0.330. The Morgan fingerprint density at radius 2 is 1.81 bits per heavy atom. The average Bonchev–Trinajstić information content (AvgIpc) is 2.17. The highest BCUT2D eigenvalue weighted by Gasteiger charge is 2.22. The van der Waals surface area contributed by atoms with Crippen molar-refractivity contribution in [3.8, 4) is 0 Å². The summed E-state index contributed by atoms with van der Waals surface area (Å²) in [5.41, 5.74) is 6.00. The second-order valence-electron chi connectivity index (χ2n) is 3.37. The van der Waals surface area contributed by atoms with E-state index in [1.165, 1.54) is 26.2 Å². The maximum Gasteiger partial charge on any atom is 0.244 e. The molecule has 7 heteroatoms. The van der Waals surface area contributed by atoms with E-state index in [-0.39, 0.29) is 16.5 Å². The van der Waals surface area contributed by atoms with Crippen molar-refractivity contribution < 1.29 is 8.42 Å². The molecule has 0 amide bonds. The molecule has 0 fully saturated rings. The number of nitrogens with zero attached hydrogens (tertiary/aromatic N) is 1. The molecule has 0 aliphatic rings. The van der Waals surface area contributed by atoms with E-state index in [1.54, 1.807) is 0 Å². The van der Waals surface area contributed by atoms with Crippen LogP contribution in [0.15, 0.2) is 17.0 Å². The lowest BCUT2D eigenvalue weighted by molar-refractivity contribution is 0.520. The summed E-state index contributed by atoms with van der Waals surface area (Å²) in [5, 5.41) is 0.459. The molecule has 16 heavy (non-hydrogen) atoms. The molecule has 1 aromatic rings. The van der Waals surface area contributed by atoms with Crippen LogP contribution in [0.5, 0.6) is 0 Å². The van der Waals surface area contributed by atoms with Crippen LogP contribution in [-0.2, 0) is 16.6 Å². The third kappa shape index (κ3) is 2.49. The summed E-state index contributed by atoms with van der Waals surface area (Å²) < 4.78 is 24.9. The van der Waals surface area contributed by atoms with E-state index in [0.29, 0.717) is 10.6 Å². The van der Waals surface area contributed by atoms with Gasteiger partial charge in [-0.2, -0.15) is 0 Å². The van der Waals surface area contributed by atoms with Crippen LogP contribution in [0.4, 0.5) is 0 Å². The van der Waals surface area contributed by atoms with Crippen molar-refractivity contribution in [2.24, 2.45) is 5.73 Å². The van der Waals surface area contributed by atoms with E-state index in [0.717, 1.165) is 4.31 Å². The van der Waals surface area contributed by atoms with Gasteiger partial charge in [0.25, 0.3) is 0 Å². The van der Waals surface area contributed by atoms with Gasteiger partial charge in [0.1, 0.15) is 4.90 Å². The van der Waals surface area contributed by atoms with Crippen LogP contribution in [0, 0.1) is 0 Å². The second kappa shape index (κ2) is 4.89. The summed E-state index contributed by atoms with van der Waals surface area (Å²) in [4.78, 5) is 0.0176. The predicted molar refractivity (Wildman–Crippen MR) is 65.2 cm³/mol. The standard InChI is InChI=1S/C9H12Cl2N2O2S/c1-13(2)16(14,15)9-3-6(5-12)7(10)4-8(9)11/h3-4H,5,12H2,1-2H3. The van der Waals surface area contributed by atoms with Gasteiger partial charge in [-0.15, -0.1) is 0 Å². The third-order valence-corrected chi connectivity index (χ3v) is 4.71. The molecule has 0 aromatic heterocycles. The largest absolute Gasteiger partial charge is 0.326 e. The van der Waals surface area contributed by atoms with Crippen LogP contribution in [0.1, 0.15) is 5.56 Å². The minimum atomic E-state index is -3.57. The van der Waals surface area contributed by atoms with E-state index in [2.05, 4.69) is 0 Å². The van der Waals surface area contributed by atoms with Crippen LogP contribution in [0.2, 0.25) is 10.0 Å². The van der Waals surface area contributed by atoms with E-state index < -0.39 is 10.0 Å². The lowest BCUT2D eigenvalue weighted by Crippen LogP contribution is -2.22.